The van der Waals surface area contributed by atoms with Gasteiger partial charge in [0.15, 0.2) is 0 Å². The number of benzene rings is 2. The molecule has 0 bridgehead atoms. The molecule has 152 valence electrons. The number of carbonyl (C=O) groups excluding carboxylic acids is 1. The maximum Gasteiger partial charge on any atom is 0.292 e. The van der Waals surface area contributed by atoms with Crippen LogP contribution in [0.25, 0.3) is 10.9 Å². The summed E-state index contributed by atoms with van der Waals surface area (Å²) in [4.78, 5) is 18.8. The fourth-order valence-electron chi connectivity index (χ4n) is 3.33. The molecule has 0 aliphatic rings. The molecule has 0 aliphatic heterocycles. The molecule has 2 aromatic heterocycles. The van der Waals surface area contributed by atoms with Gasteiger partial charge in [-0.25, -0.2) is 4.39 Å². The van der Waals surface area contributed by atoms with E-state index in [4.69, 9.17) is 9.26 Å². The molecule has 7 heteroatoms. The fraction of sp³-hybridized carbons (Fsp3) is 0.174. The number of hydrogen-bond acceptors (Lipinski definition) is 5. The van der Waals surface area contributed by atoms with Crippen LogP contribution in [0.2, 0.25) is 0 Å². The first kappa shape index (κ1) is 19.6. The summed E-state index contributed by atoms with van der Waals surface area (Å²) in [5, 5.41) is 4.90. The number of fused-ring (bicyclic) bond motifs is 1. The molecule has 0 radical (unpaired) electrons. The van der Waals surface area contributed by atoms with Crippen LogP contribution >= 0.6 is 0 Å². The molecule has 0 N–H and O–H groups in total. The number of amides is 1. The van der Waals surface area contributed by atoms with E-state index in [2.05, 4.69) is 10.1 Å². The third kappa shape index (κ3) is 4.00. The predicted molar refractivity (Wildman–Crippen MR) is 110 cm³/mol. The van der Waals surface area contributed by atoms with Crippen LogP contribution in [0.15, 0.2) is 65.3 Å². The van der Waals surface area contributed by atoms with E-state index in [0.717, 1.165) is 22.0 Å². The van der Waals surface area contributed by atoms with Crippen LogP contribution in [-0.2, 0) is 13.0 Å². The highest BCUT2D eigenvalue weighted by atomic mass is 19.1. The Hall–Kier alpha value is -3.74. The predicted octanol–water partition coefficient (Wildman–Crippen LogP) is 4.23. The summed E-state index contributed by atoms with van der Waals surface area (Å²) in [6.07, 6.45) is 2.16. The first-order valence-corrected chi connectivity index (χ1v) is 9.41. The van der Waals surface area contributed by atoms with Gasteiger partial charge in [-0.1, -0.05) is 29.4 Å². The zero-order valence-corrected chi connectivity index (χ0v) is 16.6. The molecule has 2 heterocycles. The monoisotopic (exact) mass is 405 g/mol. The molecule has 2 aromatic carbocycles. The molecule has 0 fully saturated rings. The van der Waals surface area contributed by atoms with Gasteiger partial charge in [0.05, 0.1) is 12.8 Å². The molecule has 0 saturated heterocycles. The van der Waals surface area contributed by atoms with Crippen molar-refractivity contribution in [1.82, 2.24) is 15.0 Å². The molecule has 0 aliphatic carbocycles. The summed E-state index contributed by atoms with van der Waals surface area (Å²) in [5.41, 5.74) is 3.19. The highest BCUT2D eigenvalue weighted by molar-refractivity contribution is 5.92. The molecule has 0 unspecified atom stereocenters. The van der Waals surface area contributed by atoms with E-state index < -0.39 is 0 Å². The topological polar surface area (TPSA) is 68.5 Å². The molecule has 0 atom stereocenters. The van der Waals surface area contributed by atoms with Crippen LogP contribution in [0.5, 0.6) is 5.75 Å². The lowest BCUT2D eigenvalue weighted by atomic mass is 10.1. The zero-order chi connectivity index (χ0) is 21.1. The first-order valence-electron chi connectivity index (χ1n) is 9.41. The second-order valence-corrected chi connectivity index (χ2v) is 6.97. The van der Waals surface area contributed by atoms with Gasteiger partial charge in [-0.3, -0.25) is 9.78 Å². The third-order valence-corrected chi connectivity index (χ3v) is 4.87. The van der Waals surface area contributed by atoms with Crippen LogP contribution < -0.4 is 4.74 Å². The van der Waals surface area contributed by atoms with Gasteiger partial charge in [-0.05, 0) is 35.4 Å². The number of ether oxygens (including phenoxy) is 1. The maximum absolute atomic E-state index is 13.0. The molecule has 30 heavy (non-hydrogen) atoms. The van der Waals surface area contributed by atoms with Crippen molar-refractivity contribution in [2.75, 3.05) is 14.2 Å². The van der Waals surface area contributed by atoms with Crippen molar-refractivity contribution in [3.63, 3.8) is 0 Å². The van der Waals surface area contributed by atoms with E-state index in [1.807, 2.05) is 24.3 Å². The number of halogens is 1. The average molecular weight is 405 g/mol. The van der Waals surface area contributed by atoms with E-state index >= 15 is 0 Å². The molecule has 0 saturated carbocycles. The normalized spacial score (nSPS) is 10.9. The Morgan fingerprint density at radius 3 is 2.73 bits per heavy atom. The lowest BCUT2D eigenvalue weighted by Gasteiger charge is -2.17. The van der Waals surface area contributed by atoms with Crippen molar-refractivity contribution in [3.8, 4) is 5.75 Å². The number of hydrogen-bond donors (Lipinski definition) is 0. The van der Waals surface area contributed by atoms with Crippen molar-refractivity contribution in [2.45, 2.75) is 13.0 Å². The first-order chi connectivity index (χ1) is 14.5. The molecule has 4 aromatic rings. The summed E-state index contributed by atoms with van der Waals surface area (Å²) in [6.45, 7) is 0.374. The molecular weight excluding hydrogens is 385 g/mol. The van der Waals surface area contributed by atoms with Crippen LogP contribution in [-0.4, -0.2) is 35.1 Å². The Bertz CT molecular complexity index is 1190. The van der Waals surface area contributed by atoms with Gasteiger partial charge in [-0.2, -0.15) is 0 Å². The largest absolute Gasteiger partial charge is 0.494 e. The van der Waals surface area contributed by atoms with Gasteiger partial charge in [0.25, 0.3) is 5.91 Å². The lowest BCUT2D eigenvalue weighted by molar-refractivity contribution is 0.0744. The third-order valence-electron chi connectivity index (χ3n) is 4.87. The van der Waals surface area contributed by atoms with Crippen LogP contribution in [0.1, 0.15) is 27.4 Å². The summed E-state index contributed by atoms with van der Waals surface area (Å²) in [5.74, 6) is 0.271. The summed E-state index contributed by atoms with van der Waals surface area (Å²) >= 11 is 0. The average Bonchev–Trinajstić information content (AvgIpc) is 3.23. The van der Waals surface area contributed by atoms with E-state index in [9.17, 15) is 9.18 Å². The van der Waals surface area contributed by atoms with E-state index in [1.165, 1.54) is 12.1 Å². The van der Waals surface area contributed by atoms with Crippen molar-refractivity contribution >= 4 is 16.8 Å². The molecule has 6 nitrogen and oxygen atoms in total. The number of rotatable bonds is 6. The highest BCUT2D eigenvalue weighted by Gasteiger charge is 2.19. The minimum absolute atomic E-state index is 0.158. The molecular formula is C23H20FN3O3. The lowest BCUT2D eigenvalue weighted by Crippen LogP contribution is -2.26. The van der Waals surface area contributed by atoms with E-state index in [0.29, 0.717) is 24.4 Å². The molecule has 0 spiro atoms. The van der Waals surface area contributed by atoms with Gasteiger partial charge >= 0.3 is 0 Å². The Morgan fingerprint density at radius 2 is 1.97 bits per heavy atom. The van der Waals surface area contributed by atoms with Gasteiger partial charge in [0.2, 0.25) is 5.76 Å². The van der Waals surface area contributed by atoms with Crippen LogP contribution in [0.3, 0.4) is 0 Å². The summed E-state index contributed by atoms with van der Waals surface area (Å²) in [6, 6.07) is 15.3. The van der Waals surface area contributed by atoms with E-state index in [-0.39, 0.29) is 17.5 Å². The Balaban J connectivity index is 1.50. The zero-order valence-electron chi connectivity index (χ0n) is 16.6. The minimum atomic E-state index is -0.294. The summed E-state index contributed by atoms with van der Waals surface area (Å²) < 4.78 is 23.7. The van der Waals surface area contributed by atoms with Crippen molar-refractivity contribution in [3.05, 3.63) is 89.2 Å². The standard InChI is InChI=1S/C23H20FN3O3/c1-27(14-16-7-10-20(29-2)22-19(16)4-3-11-25-22)23(28)21-13-18(26-30-21)12-15-5-8-17(24)9-6-15/h3-11,13H,12,14H2,1-2H3. The Labute approximate surface area is 172 Å². The summed E-state index contributed by atoms with van der Waals surface area (Å²) in [7, 11) is 3.31. The second-order valence-electron chi connectivity index (χ2n) is 6.97. The second kappa shape index (κ2) is 8.32. The highest BCUT2D eigenvalue weighted by Crippen LogP contribution is 2.27. The SMILES string of the molecule is COc1ccc(CN(C)C(=O)c2cc(Cc3ccc(F)cc3)no2)c2cccnc12. The number of pyridine rings is 1. The Kier molecular flexibility index (Phi) is 5.43. The smallest absolute Gasteiger partial charge is 0.292 e. The Morgan fingerprint density at radius 1 is 1.17 bits per heavy atom. The maximum atomic E-state index is 13.0. The van der Waals surface area contributed by atoms with Gasteiger partial charge in [0, 0.05) is 37.7 Å². The van der Waals surface area contributed by atoms with Crippen LogP contribution in [0, 0.1) is 5.82 Å². The van der Waals surface area contributed by atoms with Crippen molar-refractivity contribution in [1.29, 1.82) is 0 Å². The number of aromatic nitrogens is 2. The van der Waals surface area contributed by atoms with Gasteiger partial charge in [-0.15, -0.1) is 0 Å². The molecule has 4 rings (SSSR count). The van der Waals surface area contributed by atoms with E-state index in [1.54, 1.807) is 43.5 Å². The number of methoxy groups -OCH3 is 1. The fourth-order valence-corrected chi connectivity index (χ4v) is 3.33. The van der Waals surface area contributed by atoms with Gasteiger partial charge < -0.3 is 14.2 Å². The number of nitrogens with zero attached hydrogens (tertiary/aromatic N) is 3. The van der Waals surface area contributed by atoms with Crippen molar-refractivity contribution in [2.24, 2.45) is 0 Å². The molecule has 1 amide bonds. The van der Waals surface area contributed by atoms with Crippen molar-refractivity contribution < 1.29 is 18.4 Å². The quantitative estimate of drug-likeness (QED) is 0.480. The number of carbonyl (C=O) groups is 1. The van der Waals surface area contributed by atoms with Gasteiger partial charge in [0.1, 0.15) is 17.1 Å². The van der Waals surface area contributed by atoms with Crippen LogP contribution in [0.4, 0.5) is 4.39 Å². The minimum Gasteiger partial charge on any atom is -0.494 e.